The first-order chi connectivity index (χ1) is 17.4. The number of nitrogens with zero attached hydrogens (tertiary/aromatic N) is 4. The highest BCUT2D eigenvalue weighted by atomic mass is 16.4. The minimum Gasteiger partial charge on any atom is -0.477 e. The summed E-state index contributed by atoms with van der Waals surface area (Å²) in [5.41, 5.74) is 4.17. The summed E-state index contributed by atoms with van der Waals surface area (Å²) in [6, 6.07) is 22.6. The minimum atomic E-state index is -1.14. The van der Waals surface area contributed by atoms with E-state index in [4.69, 9.17) is 10.5 Å². The minimum absolute atomic E-state index is 0.0323. The highest BCUT2D eigenvalue weighted by molar-refractivity contribution is 5.90. The average molecular weight is 476 g/mol. The van der Waals surface area contributed by atoms with Gasteiger partial charge in [-0.15, -0.1) is 0 Å². The zero-order valence-electron chi connectivity index (χ0n) is 19.0. The monoisotopic (exact) mass is 476 g/mol. The Morgan fingerprint density at radius 1 is 0.639 bits per heavy atom. The van der Waals surface area contributed by atoms with Gasteiger partial charge in [-0.3, -0.25) is 0 Å². The third kappa shape index (κ3) is 5.24. The number of hydrogen-bond acceptors (Lipinski definition) is 4. The molecule has 0 aliphatic heterocycles. The van der Waals surface area contributed by atoms with Crippen LogP contribution in [0.2, 0.25) is 0 Å². The fraction of sp³-hybridized carbons (Fsp3) is 0.0714. The summed E-state index contributed by atoms with van der Waals surface area (Å²) in [5, 5.41) is 36.8. The summed E-state index contributed by atoms with van der Waals surface area (Å²) in [5.74, 6) is -2.28. The van der Waals surface area contributed by atoms with Crippen LogP contribution in [-0.2, 0) is 13.1 Å². The Kier molecular flexibility index (Phi) is 6.80. The van der Waals surface area contributed by atoms with E-state index in [9.17, 15) is 19.8 Å². The SMILES string of the molecule is N#Cc1cc[n+](Cc2ccc(-c3ccc(C[n+]4ccc(C#N)c(C(=O)O)c4)cc3)cc2)cc1C(=O)O. The van der Waals surface area contributed by atoms with E-state index < -0.39 is 11.9 Å². The largest absolute Gasteiger partial charge is 0.477 e. The Morgan fingerprint density at radius 3 is 1.31 bits per heavy atom. The van der Waals surface area contributed by atoms with Crippen molar-refractivity contribution >= 4 is 11.9 Å². The van der Waals surface area contributed by atoms with Gasteiger partial charge >= 0.3 is 11.9 Å². The van der Waals surface area contributed by atoms with Gasteiger partial charge < -0.3 is 10.2 Å². The van der Waals surface area contributed by atoms with E-state index in [1.165, 1.54) is 24.5 Å². The van der Waals surface area contributed by atoms with Gasteiger partial charge in [0.05, 0.1) is 11.1 Å². The Bertz CT molecular complexity index is 1430. The van der Waals surface area contributed by atoms with Crippen LogP contribution in [0.15, 0.2) is 85.5 Å². The molecule has 0 aliphatic carbocycles. The molecule has 4 rings (SSSR count). The van der Waals surface area contributed by atoms with Gasteiger partial charge in [0, 0.05) is 23.3 Å². The number of carboxylic acid groups (broad SMARTS) is 2. The van der Waals surface area contributed by atoms with Gasteiger partial charge in [-0.25, -0.2) is 9.59 Å². The molecule has 36 heavy (non-hydrogen) atoms. The van der Waals surface area contributed by atoms with Crippen LogP contribution >= 0.6 is 0 Å². The first-order valence-corrected chi connectivity index (χ1v) is 10.9. The molecular formula is C28H20N4O4+2. The normalized spacial score (nSPS) is 10.3. The van der Waals surface area contributed by atoms with Crippen LogP contribution in [0.5, 0.6) is 0 Å². The number of rotatable bonds is 7. The lowest BCUT2D eigenvalue weighted by molar-refractivity contribution is -0.688. The predicted octanol–water partition coefficient (Wildman–Crippen LogP) is 3.16. The van der Waals surface area contributed by atoms with Crippen LogP contribution in [0, 0.1) is 22.7 Å². The molecule has 2 N–H and O–H groups in total. The second-order valence-electron chi connectivity index (χ2n) is 8.12. The van der Waals surface area contributed by atoms with Gasteiger partial charge in [-0.2, -0.15) is 19.7 Å². The molecule has 0 bridgehead atoms. The van der Waals surface area contributed by atoms with Crippen molar-refractivity contribution < 1.29 is 28.9 Å². The highest BCUT2D eigenvalue weighted by Gasteiger charge is 2.17. The van der Waals surface area contributed by atoms with Gasteiger partial charge in [0.1, 0.15) is 23.3 Å². The van der Waals surface area contributed by atoms with E-state index in [0.29, 0.717) is 13.1 Å². The molecule has 4 aromatic rings. The topological polar surface area (TPSA) is 130 Å². The Balaban J connectivity index is 1.47. The number of aromatic nitrogens is 2. The van der Waals surface area contributed by atoms with Crippen molar-refractivity contribution in [2.75, 3.05) is 0 Å². The molecule has 8 heteroatoms. The summed E-state index contributed by atoms with van der Waals surface area (Å²) in [4.78, 5) is 22.8. The zero-order chi connectivity index (χ0) is 25.7. The van der Waals surface area contributed by atoms with Crippen molar-refractivity contribution in [3.63, 3.8) is 0 Å². The molecule has 0 spiro atoms. The van der Waals surface area contributed by atoms with Crippen LogP contribution in [0.1, 0.15) is 43.0 Å². The van der Waals surface area contributed by atoms with Crippen molar-refractivity contribution in [3.8, 4) is 23.3 Å². The van der Waals surface area contributed by atoms with Gasteiger partial charge in [-0.1, -0.05) is 48.5 Å². The maximum absolute atomic E-state index is 11.4. The molecule has 2 aromatic heterocycles. The molecule has 2 heterocycles. The second-order valence-corrected chi connectivity index (χ2v) is 8.12. The van der Waals surface area contributed by atoms with Crippen molar-refractivity contribution in [2.45, 2.75) is 13.1 Å². The molecule has 0 atom stereocenters. The van der Waals surface area contributed by atoms with Gasteiger partial charge in [0.2, 0.25) is 0 Å². The quantitative estimate of drug-likeness (QED) is 0.394. The molecule has 174 valence electrons. The fourth-order valence-corrected chi connectivity index (χ4v) is 3.84. The van der Waals surface area contributed by atoms with Crippen LogP contribution < -0.4 is 9.13 Å². The molecule has 0 saturated carbocycles. The molecule has 0 fully saturated rings. The van der Waals surface area contributed by atoms with E-state index in [-0.39, 0.29) is 22.3 Å². The number of pyridine rings is 2. The smallest absolute Gasteiger partial charge is 0.343 e. The molecule has 0 amide bonds. The van der Waals surface area contributed by atoms with E-state index in [2.05, 4.69) is 0 Å². The van der Waals surface area contributed by atoms with Crippen molar-refractivity contribution in [3.05, 3.63) is 119 Å². The summed E-state index contributed by atoms with van der Waals surface area (Å²) in [6.07, 6.45) is 6.28. The molecule has 0 unspecified atom stereocenters. The predicted molar refractivity (Wildman–Crippen MR) is 127 cm³/mol. The molecule has 2 aromatic carbocycles. The lowest BCUT2D eigenvalue weighted by Gasteiger charge is -2.05. The summed E-state index contributed by atoms with van der Waals surface area (Å²) < 4.78 is 3.45. The van der Waals surface area contributed by atoms with Crippen molar-refractivity contribution in [1.29, 1.82) is 10.5 Å². The summed E-state index contributed by atoms with van der Waals surface area (Å²) in [6.45, 7) is 0.927. The molecule has 0 saturated heterocycles. The van der Waals surface area contributed by atoms with Crippen LogP contribution in [0.4, 0.5) is 0 Å². The lowest BCUT2D eigenvalue weighted by atomic mass is 10.0. The number of carbonyl (C=O) groups is 2. The first kappa shape index (κ1) is 23.8. The molecular weight excluding hydrogens is 456 g/mol. The highest BCUT2D eigenvalue weighted by Crippen LogP contribution is 2.20. The molecule has 0 radical (unpaired) electrons. The van der Waals surface area contributed by atoms with Crippen LogP contribution in [0.25, 0.3) is 11.1 Å². The number of carboxylic acids is 2. The van der Waals surface area contributed by atoms with E-state index in [1.807, 2.05) is 60.7 Å². The summed E-state index contributed by atoms with van der Waals surface area (Å²) >= 11 is 0. The maximum atomic E-state index is 11.4. The number of benzene rings is 2. The van der Waals surface area contributed by atoms with E-state index >= 15 is 0 Å². The first-order valence-electron chi connectivity index (χ1n) is 10.9. The maximum Gasteiger partial charge on any atom is 0.343 e. The van der Waals surface area contributed by atoms with Crippen LogP contribution in [-0.4, -0.2) is 22.2 Å². The zero-order valence-corrected chi connectivity index (χ0v) is 19.0. The van der Waals surface area contributed by atoms with E-state index in [1.54, 1.807) is 21.5 Å². The standard InChI is InChI=1S/C28H18N4O4/c29-13-23-9-11-31(17-25(23)27(33)34)15-19-1-5-21(6-2-19)22-7-3-20(4-8-22)16-32-12-10-24(14-30)26(18-32)28(35)36/h1-12,17-18H,15-16H2/p+2. The number of aromatic carboxylic acids is 2. The Labute approximate surface area is 206 Å². The number of nitriles is 2. The van der Waals surface area contributed by atoms with Gasteiger partial charge in [0.15, 0.2) is 37.9 Å². The third-order valence-electron chi connectivity index (χ3n) is 5.71. The fourth-order valence-electron chi connectivity index (χ4n) is 3.84. The van der Waals surface area contributed by atoms with Crippen LogP contribution in [0.3, 0.4) is 0 Å². The second kappa shape index (κ2) is 10.3. The van der Waals surface area contributed by atoms with Crippen molar-refractivity contribution in [2.24, 2.45) is 0 Å². The van der Waals surface area contributed by atoms with Crippen molar-refractivity contribution in [1.82, 2.24) is 0 Å². The molecule has 8 nitrogen and oxygen atoms in total. The third-order valence-corrected chi connectivity index (χ3v) is 5.71. The Hall–Kier alpha value is -5.34. The lowest BCUT2D eigenvalue weighted by Crippen LogP contribution is -2.35. The summed E-state index contributed by atoms with van der Waals surface area (Å²) in [7, 11) is 0. The average Bonchev–Trinajstić information content (AvgIpc) is 2.89. The molecule has 0 aliphatic rings. The number of hydrogen-bond donors (Lipinski definition) is 2. The Morgan fingerprint density at radius 2 is 1.00 bits per heavy atom. The van der Waals surface area contributed by atoms with Gasteiger partial charge in [-0.05, 0) is 11.1 Å². The van der Waals surface area contributed by atoms with Gasteiger partial charge in [0.25, 0.3) is 0 Å². The van der Waals surface area contributed by atoms with E-state index in [0.717, 1.165) is 22.3 Å².